The number of amides is 1. The maximum absolute atomic E-state index is 13.7. The maximum atomic E-state index is 13.7. The lowest BCUT2D eigenvalue weighted by atomic mass is 9.94. The van der Waals surface area contributed by atoms with Gasteiger partial charge in [0.15, 0.2) is 22.4 Å². The lowest BCUT2D eigenvalue weighted by molar-refractivity contribution is -0.132. The number of rotatable bonds is 10. The summed E-state index contributed by atoms with van der Waals surface area (Å²) in [7, 11) is 0. The molecular weight excluding hydrogens is 568 g/mol. The van der Waals surface area contributed by atoms with Crippen LogP contribution in [0.15, 0.2) is 42.0 Å². The number of Topliss-reactive ketones (excluding diaryl/α,β-unsaturated/α-hetero) is 2. The molecular formula is C33H36N2O7S. The van der Waals surface area contributed by atoms with Crippen molar-refractivity contribution in [3.8, 4) is 17.2 Å². The summed E-state index contributed by atoms with van der Waals surface area (Å²) in [6.07, 6.45) is 1.52. The molecule has 10 heteroatoms. The molecule has 2 aromatic carbocycles. The Morgan fingerprint density at radius 3 is 2.60 bits per heavy atom. The van der Waals surface area contributed by atoms with E-state index in [4.69, 9.17) is 14.2 Å². The molecule has 0 bridgehead atoms. The number of aromatic nitrogens is 1. The lowest BCUT2D eigenvalue weighted by Gasteiger charge is -2.24. The average molecular weight is 605 g/mol. The molecule has 2 aliphatic rings. The Hall–Kier alpha value is -4.18. The van der Waals surface area contributed by atoms with Crippen LogP contribution in [0.4, 0.5) is 5.13 Å². The molecule has 0 spiro atoms. The number of carbonyl (C=O) groups is 3. The first-order valence-electron chi connectivity index (χ1n) is 14.5. The molecule has 0 saturated carbocycles. The van der Waals surface area contributed by atoms with E-state index in [1.807, 2.05) is 13.8 Å². The summed E-state index contributed by atoms with van der Waals surface area (Å²) >= 11 is 1.04. The van der Waals surface area contributed by atoms with Crippen LogP contribution in [0.5, 0.6) is 17.2 Å². The fraction of sp³-hybridized carbons (Fsp3) is 0.394. The molecule has 1 fully saturated rings. The number of anilines is 1. The number of thiazole rings is 1. The lowest BCUT2D eigenvalue weighted by Crippen LogP contribution is -2.29. The summed E-state index contributed by atoms with van der Waals surface area (Å²) in [5.74, 6) is 0.00568. The zero-order chi connectivity index (χ0) is 31.0. The van der Waals surface area contributed by atoms with Crippen molar-refractivity contribution in [2.75, 3.05) is 18.1 Å². The minimum atomic E-state index is -1.03. The summed E-state index contributed by atoms with van der Waals surface area (Å²) in [5.41, 5.74) is 2.22. The molecule has 2 aliphatic heterocycles. The average Bonchev–Trinajstić information content (AvgIpc) is 3.60. The van der Waals surface area contributed by atoms with E-state index in [0.717, 1.165) is 29.1 Å². The van der Waals surface area contributed by atoms with Crippen molar-refractivity contribution in [3.05, 3.63) is 69.2 Å². The number of hydrogen-bond donors (Lipinski definition) is 1. The van der Waals surface area contributed by atoms with E-state index in [9.17, 15) is 19.5 Å². The van der Waals surface area contributed by atoms with Crippen molar-refractivity contribution in [3.63, 3.8) is 0 Å². The highest BCUT2D eigenvalue weighted by atomic mass is 32.1. The molecule has 0 aliphatic carbocycles. The Kier molecular flexibility index (Phi) is 8.59. The van der Waals surface area contributed by atoms with Crippen LogP contribution in [0.2, 0.25) is 0 Å². The Morgan fingerprint density at radius 1 is 1.16 bits per heavy atom. The number of nitrogens with zero attached hydrogens (tertiary/aromatic N) is 2. The SMILES string of the molecule is CCOc1cc([C@@H]2/C(=C(\O)c3ccc4c(c3)C[C@@H](C)O4)C(=O)C(=O)N2c2nc(C)c(C(C)=O)s2)ccc1OCCC(C)C. The third-order valence-corrected chi connectivity index (χ3v) is 8.72. The minimum absolute atomic E-state index is 0.000140. The highest BCUT2D eigenvalue weighted by Crippen LogP contribution is 2.46. The van der Waals surface area contributed by atoms with Gasteiger partial charge in [0.2, 0.25) is 0 Å². The van der Waals surface area contributed by atoms with Crippen molar-refractivity contribution in [1.82, 2.24) is 4.98 Å². The minimum Gasteiger partial charge on any atom is -0.507 e. The smallest absolute Gasteiger partial charge is 0.301 e. The van der Waals surface area contributed by atoms with Crippen molar-refractivity contribution in [1.29, 1.82) is 0 Å². The monoisotopic (exact) mass is 604 g/mol. The first-order chi connectivity index (χ1) is 20.5. The third kappa shape index (κ3) is 5.88. The molecule has 43 heavy (non-hydrogen) atoms. The van der Waals surface area contributed by atoms with E-state index >= 15 is 0 Å². The van der Waals surface area contributed by atoms with Gasteiger partial charge in [-0.25, -0.2) is 4.98 Å². The van der Waals surface area contributed by atoms with Crippen LogP contribution in [0, 0.1) is 12.8 Å². The van der Waals surface area contributed by atoms with Gasteiger partial charge < -0.3 is 19.3 Å². The Labute approximate surface area is 255 Å². The fourth-order valence-corrected chi connectivity index (χ4v) is 6.36. The van der Waals surface area contributed by atoms with Gasteiger partial charge in [0.25, 0.3) is 5.78 Å². The number of ketones is 2. The van der Waals surface area contributed by atoms with E-state index in [1.165, 1.54) is 11.8 Å². The standard InChI is InChI=1S/C33H36N2O7S/c1-7-40-26-16-21(8-11-25(26)41-13-12-17(2)3)28-27(29(37)22-9-10-24-23(15-22)14-18(4)42-24)30(38)32(39)35(28)33-34-19(5)31(43-33)20(6)36/h8-11,15-18,28,37H,7,12-14H2,1-6H3/b29-27+/t18-,28-/m1/s1. The second-order valence-electron chi connectivity index (χ2n) is 11.3. The van der Waals surface area contributed by atoms with Crippen molar-refractivity contribution < 1.29 is 33.7 Å². The summed E-state index contributed by atoms with van der Waals surface area (Å²) in [4.78, 5) is 45.8. The fourth-order valence-electron chi connectivity index (χ4n) is 5.37. The predicted molar refractivity (Wildman–Crippen MR) is 164 cm³/mol. The van der Waals surface area contributed by atoms with Gasteiger partial charge in [0.05, 0.1) is 35.4 Å². The molecule has 3 heterocycles. The number of hydrogen-bond acceptors (Lipinski definition) is 9. The Bertz CT molecular complexity index is 1620. The molecule has 0 unspecified atom stereocenters. The molecule has 9 nitrogen and oxygen atoms in total. The van der Waals surface area contributed by atoms with E-state index < -0.39 is 17.7 Å². The molecule has 2 atom stereocenters. The molecule has 1 amide bonds. The van der Waals surface area contributed by atoms with E-state index in [1.54, 1.807) is 43.3 Å². The number of carbonyl (C=O) groups excluding carboxylic acids is 3. The second-order valence-corrected chi connectivity index (χ2v) is 12.2. The first kappa shape index (κ1) is 30.3. The predicted octanol–water partition coefficient (Wildman–Crippen LogP) is 6.43. The number of aliphatic hydroxyl groups excluding tert-OH is 1. The quantitative estimate of drug-likeness (QED) is 0.122. The molecule has 3 aromatic rings. The van der Waals surface area contributed by atoms with Crippen LogP contribution < -0.4 is 19.1 Å². The van der Waals surface area contributed by atoms with Crippen LogP contribution in [-0.2, 0) is 16.0 Å². The molecule has 226 valence electrons. The Balaban J connectivity index is 1.66. The number of ether oxygens (including phenoxy) is 3. The van der Waals surface area contributed by atoms with Gasteiger partial charge in [-0.2, -0.15) is 0 Å². The highest BCUT2D eigenvalue weighted by Gasteiger charge is 2.48. The van der Waals surface area contributed by atoms with Gasteiger partial charge in [-0.3, -0.25) is 19.3 Å². The molecule has 1 aromatic heterocycles. The van der Waals surface area contributed by atoms with Gasteiger partial charge in [0, 0.05) is 18.9 Å². The summed E-state index contributed by atoms with van der Waals surface area (Å²) in [6.45, 7) is 12.0. The topological polar surface area (TPSA) is 115 Å². The highest BCUT2D eigenvalue weighted by molar-refractivity contribution is 7.18. The third-order valence-electron chi connectivity index (χ3n) is 7.46. The number of aliphatic hydroxyl groups is 1. The van der Waals surface area contributed by atoms with Crippen LogP contribution in [-0.4, -0.2) is 46.9 Å². The van der Waals surface area contributed by atoms with Crippen molar-refractivity contribution in [2.45, 2.75) is 66.5 Å². The van der Waals surface area contributed by atoms with Gasteiger partial charge in [-0.05, 0) is 74.6 Å². The van der Waals surface area contributed by atoms with Crippen LogP contribution in [0.25, 0.3) is 5.76 Å². The molecule has 1 N–H and O–H groups in total. The molecule has 1 saturated heterocycles. The number of aryl methyl sites for hydroxylation is 1. The zero-order valence-corrected chi connectivity index (χ0v) is 26.0. The largest absolute Gasteiger partial charge is 0.507 e. The summed E-state index contributed by atoms with van der Waals surface area (Å²) in [6, 6.07) is 9.44. The number of fused-ring (bicyclic) bond motifs is 1. The van der Waals surface area contributed by atoms with Crippen LogP contribution >= 0.6 is 11.3 Å². The normalized spacial score (nSPS) is 19.1. The van der Waals surface area contributed by atoms with Gasteiger partial charge in [-0.1, -0.05) is 31.3 Å². The van der Waals surface area contributed by atoms with Crippen molar-refractivity contribution in [2.24, 2.45) is 5.92 Å². The summed E-state index contributed by atoms with van der Waals surface area (Å²) in [5, 5.41) is 11.9. The van der Waals surface area contributed by atoms with Crippen LogP contribution in [0.1, 0.15) is 79.1 Å². The second kappa shape index (κ2) is 12.2. The van der Waals surface area contributed by atoms with E-state index in [0.29, 0.717) is 58.7 Å². The maximum Gasteiger partial charge on any atom is 0.301 e. The Morgan fingerprint density at radius 2 is 1.93 bits per heavy atom. The van der Waals surface area contributed by atoms with Gasteiger partial charge >= 0.3 is 5.91 Å². The van der Waals surface area contributed by atoms with E-state index in [-0.39, 0.29) is 28.4 Å². The van der Waals surface area contributed by atoms with Crippen molar-refractivity contribution >= 4 is 39.7 Å². The molecule has 5 rings (SSSR count). The zero-order valence-electron chi connectivity index (χ0n) is 25.2. The van der Waals surface area contributed by atoms with Crippen LogP contribution in [0.3, 0.4) is 0 Å². The summed E-state index contributed by atoms with van der Waals surface area (Å²) < 4.78 is 17.7. The first-order valence-corrected chi connectivity index (χ1v) is 15.3. The number of benzene rings is 2. The van der Waals surface area contributed by atoms with Gasteiger partial charge in [-0.15, -0.1) is 0 Å². The molecule has 0 radical (unpaired) electrons. The van der Waals surface area contributed by atoms with Gasteiger partial charge in [0.1, 0.15) is 17.6 Å². The van der Waals surface area contributed by atoms with E-state index in [2.05, 4.69) is 18.8 Å².